The van der Waals surface area contributed by atoms with Gasteiger partial charge in [0.15, 0.2) is 0 Å². The Hall–Kier alpha value is -2.94. The molecule has 2 fully saturated rings. The molecule has 33 heavy (non-hydrogen) atoms. The first-order chi connectivity index (χ1) is 15.7. The Labute approximate surface area is 190 Å². The number of nitrogens with zero attached hydrogens (tertiary/aromatic N) is 2. The van der Waals surface area contributed by atoms with Crippen molar-refractivity contribution < 1.29 is 27.5 Å². The van der Waals surface area contributed by atoms with Crippen LogP contribution in [0, 0.1) is 5.41 Å². The Balaban J connectivity index is 1.61. The van der Waals surface area contributed by atoms with Crippen LogP contribution in [0.1, 0.15) is 36.3 Å². The first-order valence-electron chi connectivity index (χ1n) is 10.9. The Kier molecular flexibility index (Phi) is 6.18. The fourth-order valence-electron chi connectivity index (χ4n) is 5.30. The van der Waals surface area contributed by atoms with E-state index < -0.39 is 23.1 Å². The number of carbonyl (C=O) groups excluding carboxylic acids is 2. The van der Waals surface area contributed by atoms with E-state index in [1.807, 2.05) is 12.1 Å². The number of methoxy groups -OCH3 is 1. The number of benzene rings is 1. The molecule has 1 N–H and O–H groups in total. The first-order valence-corrected chi connectivity index (χ1v) is 10.9. The van der Waals surface area contributed by atoms with Gasteiger partial charge in [0.25, 0.3) is 11.5 Å². The highest BCUT2D eigenvalue weighted by molar-refractivity contribution is 5.88. The van der Waals surface area contributed by atoms with Crippen LogP contribution in [0.2, 0.25) is 0 Å². The number of likely N-dealkylation sites (tertiary alicyclic amines) is 1. The second kappa shape index (κ2) is 8.78. The van der Waals surface area contributed by atoms with Crippen molar-refractivity contribution in [2.45, 2.75) is 37.0 Å². The Bertz CT molecular complexity index is 992. The molecule has 0 aliphatic carbocycles. The molecule has 4 rings (SSSR count). The van der Waals surface area contributed by atoms with E-state index in [0.29, 0.717) is 19.4 Å². The molecule has 9 heteroatoms. The molecule has 6 nitrogen and oxygen atoms in total. The number of alkyl halides is 3. The number of carbonyl (C=O) groups is 2. The normalized spacial score (nSPS) is 22.5. The average molecular weight is 461 g/mol. The van der Waals surface area contributed by atoms with Crippen molar-refractivity contribution in [3.8, 4) is 0 Å². The van der Waals surface area contributed by atoms with Crippen LogP contribution in [0.4, 0.5) is 13.2 Å². The SMILES string of the molecule is CO[C@@](C(=O)N1CCC2(CC1)CC(=O)NCC2c1cccnc1)(c1ccccc1)C(F)(F)F. The molecule has 2 aliphatic rings. The summed E-state index contributed by atoms with van der Waals surface area (Å²) in [6, 6.07) is 10.8. The fraction of sp³-hybridized carbons (Fsp3) is 0.458. The van der Waals surface area contributed by atoms with E-state index in [1.165, 1.54) is 29.2 Å². The topological polar surface area (TPSA) is 71.5 Å². The minimum absolute atomic E-state index is 0.0231. The van der Waals surface area contributed by atoms with Crippen LogP contribution < -0.4 is 5.32 Å². The molecular formula is C24H26F3N3O3. The lowest BCUT2D eigenvalue weighted by molar-refractivity contribution is -0.271. The highest BCUT2D eigenvalue weighted by Gasteiger charge is 2.64. The number of piperidine rings is 2. The molecule has 176 valence electrons. The van der Waals surface area contributed by atoms with Gasteiger partial charge in [-0.15, -0.1) is 0 Å². The third kappa shape index (κ3) is 3.99. The fourth-order valence-corrected chi connectivity index (χ4v) is 5.30. The van der Waals surface area contributed by atoms with Crippen molar-refractivity contribution in [3.05, 3.63) is 66.0 Å². The van der Waals surface area contributed by atoms with Crippen LogP contribution in [0.25, 0.3) is 0 Å². The van der Waals surface area contributed by atoms with Gasteiger partial charge in [-0.05, 0) is 29.9 Å². The molecule has 1 aromatic carbocycles. The number of rotatable bonds is 4. The molecule has 2 aromatic rings. The number of pyridine rings is 1. The summed E-state index contributed by atoms with van der Waals surface area (Å²) in [5.41, 5.74) is -2.80. The highest BCUT2D eigenvalue weighted by Crippen LogP contribution is 2.50. The zero-order valence-corrected chi connectivity index (χ0v) is 18.3. The van der Waals surface area contributed by atoms with E-state index in [-0.39, 0.29) is 36.9 Å². The number of halogens is 3. The molecule has 2 saturated heterocycles. The van der Waals surface area contributed by atoms with Gasteiger partial charge < -0.3 is 15.0 Å². The van der Waals surface area contributed by atoms with E-state index in [1.54, 1.807) is 18.5 Å². The maximum atomic E-state index is 14.3. The van der Waals surface area contributed by atoms with Gasteiger partial charge in [-0.2, -0.15) is 13.2 Å². The monoisotopic (exact) mass is 461 g/mol. The second-order valence-electron chi connectivity index (χ2n) is 8.72. The lowest BCUT2D eigenvalue weighted by Gasteiger charge is -2.50. The highest BCUT2D eigenvalue weighted by atomic mass is 19.4. The van der Waals surface area contributed by atoms with Crippen LogP contribution in [-0.2, 0) is 19.9 Å². The van der Waals surface area contributed by atoms with Gasteiger partial charge in [-0.1, -0.05) is 36.4 Å². The Morgan fingerprint density at radius 3 is 2.42 bits per heavy atom. The molecule has 0 bridgehead atoms. The van der Waals surface area contributed by atoms with Crippen molar-refractivity contribution in [1.29, 1.82) is 0 Å². The van der Waals surface area contributed by atoms with Gasteiger partial charge in [-0.25, -0.2) is 0 Å². The smallest absolute Gasteiger partial charge is 0.356 e. The zero-order chi connectivity index (χ0) is 23.7. The standard InChI is InChI=1S/C24H26F3N3O3/c1-33-23(24(25,26)27,18-7-3-2-4-8-18)21(32)30-12-9-22(10-13-30)14-20(31)29-16-19(22)17-6-5-11-28-15-17/h2-8,11,15,19H,9-10,12-14,16H2,1H3,(H,29,31)/t19?,23-/m1/s1. The summed E-state index contributed by atoms with van der Waals surface area (Å²) < 4.78 is 47.9. The van der Waals surface area contributed by atoms with Crippen LogP contribution in [0.5, 0.6) is 0 Å². The Morgan fingerprint density at radius 1 is 1.15 bits per heavy atom. The summed E-state index contributed by atoms with van der Waals surface area (Å²) in [5.74, 6) is -1.23. The van der Waals surface area contributed by atoms with Gasteiger partial charge in [-0.3, -0.25) is 14.6 Å². The molecule has 2 aliphatic heterocycles. The van der Waals surface area contributed by atoms with Crippen LogP contribution >= 0.6 is 0 Å². The third-order valence-corrected chi connectivity index (χ3v) is 7.08. The van der Waals surface area contributed by atoms with E-state index in [4.69, 9.17) is 4.74 Å². The first kappa shape index (κ1) is 23.2. The molecule has 2 amide bonds. The maximum Gasteiger partial charge on any atom is 0.430 e. The summed E-state index contributed by atoms with van der Waals surface area (Å²) in [4.78, 5) is 31.1. The molecule has 1 aromatic heterocycles. The van der Waals surface area contributed by atoms with Crippen molar-refractivity contribution in [3.63, 3.8) is 0 Å². The largest absolute Gasteiger partial charge is 0.430 e. The predicted molar refractivity (Wildman–Crippen MR) is 114 cm³/mol. The Morgan fingerprint density at radius 2 is 1.85 bits per heavy atom. The number of nitrogens with one attached hydrogen (secondary N) is 1. The summed E-state index contributed by atoms with van der Waals surface area (Å²) in [7, 11) is 0.910. The molecule has 2 atom stereocenters. The summed E-state index contributed by atoms with van der Waals surface area (Å²) in [6.07, 6.45) is -0.420. The van der Waals surface area contributed by atoms with Crippen molar-refractivity contribution in [2.75, 3.05) is 26.7 Å². The maximum absolute atomic E-state index is 14.3. The number of ether oxygens (including phenoxy) is 1. The van der Waals surface area contributed by atoms with Crippen LogP contribution in [0.15, 0.2) is 54.9 Å². The quantitative estimate of drug-likeness (QED) is 0.758. The minimum Gasteiger partial charge on any atom is -0.356 e. The lowest BCUT2D eigenvalue weighted by Crippen LogP contribution is -2.60. The van der Waals surface area contributed by atoms with Gasteiger partial charge in [0.2, 0.25) is 5.91 Å². The molecular weight excluding hydrogens is 435 g/mol. The zero-order valence-electron chi connectivity index (χ0n) is 18.3. The number of amides is 2. The number of hydrogen-bond acceptors (Lipinski definition) is 4. The number of aromatic nitrogens is 1. The van der Waals surface area contributed by atoms with E-state index in [0.717, 1.165) is 12.7 Å². The van der Waals surface area contributed by atoms with Gasteiger partial charge in [0.05, 0.1) is 0 Å². The number of hydrogen-bond donors (Lipinski definition) is 1. The summed E-state index contributed by atoms with van der Waals surface area (Å²) in [6.45, 7) is 0.654. The van der Waals surface area contributed by atoms with E-state index >= 15 is 0 Å². The molecule has 1 unspecified atom stereocenters. The van der Waals surface area contributed by atoms with Crippen molar-refractivity contribution >= 4 is 11.8 Å². The van der Waals surface area contributed by atoms with Gasteiger partial charge in [0, 0.05) is 57.0 Å². The molecule has 1 spiro atoms. The predicted octanol–water partition coefficient (Wildman–Crippen LogP) is 3.40. The average Bonchev–Trinajstić information content (AvgIpc) is 2.81. The molecule has 3 heterocycles. The van der Waals surface area contributed by atoms with E-state index in [9.17, 15) is 22.8 Å². The van der Waals surface area contributed by atoms with Gasteiger partial charge in [0.1, 0.15) is 0 Å². The van der Waals surface area contributed by atoms with E-state index in [2.05, 4.69) is 10.3 Å². The summed E-state index contributed by atoms with van der Waals surface area (Å²) in [5, 5.41) is 2.89. The van der Waals surface area contributed by atoms with Crippen LogP contribution in [-0.4, -0.2) is 54.6 Å². The van der Waals surface area contributed by atoms with Crippen LogP contribution in [0.3, 0.4) is 0 Å². The molecule has 0 radical (unpaired) electrons. The molecule has 0 saturated carbocycles. The van der Waals surface area contributed by atoms with Crippen molar-refractivity contribution in [1.82, 2.24) is 15.2 Å². The lowest BCUT2D eigenvalue weighted by atomic mass is 9.62. The van der Waals surface area contributed by atoms with Gasteiger partial charge >= 0.3 is 6.18 Å². The second-order valence-corrected chi connectivity index (χ2v) is 8.72. The van der Waals surface area contributed by atoms with Crippen molar-refractivity contribution in [2.24, 2.45) is 5.41 Å². The third-order valence-electron chi connectivity index (χ3n) is 7.08. The minimum atomic E-state index is -4.95. The summed E-state index contributed by atoms with van der Waals surface area (Å²) >= 11 is 0.